The van der Waals surface area contributed by atoms with Gasteiger partial charge in [0.05, 0.1) is 39.6 Å². The predicted molar refractivity (Wildman–Crippen MR) is 210 cm³/mol. The fourth-order valence-corrected chi connectivity index (χ4v) is 9.48. The summed E-state index contributed by atoms with van der Waals surface area (Å²) < 4.78 is 17.3. The van der Waals surface area contributed by atoms with Crippen LogP contribution in [0.3, 0.4) is 0 Å². The molecule has 3 saturated heterocycles. The molecule has 3 aliphatic rings. The quantitative estimate of drug-likeness (QED) is 0.328. The van der Waals surface area contributed by atoms with Crippen LogP contribution in [0.5, 0.6) is 0 Å². The van der Waals surface area contributed by atoms with Crippen LogP contribution >= 0.6 is 0 Å². The Bertz CT molecular complexity index is 1460. The van der Waals surface area contributed by atoms with Gasteiger partial charge in [0.2, 0.25) is 6.71 Å². The van der Waals surface area contributed by atoms with E-state index < -0.39 is 0 Å². The van der Waals surface area contributed by atoms with Crippen molar-refractivity contribution >= 4 is 40.2 Å². The van der Waals surface area contributed by atoms with E-state index in [9.17, 15) is 0 Å². The highest BCUT2D eigenvalue weighted by molar-refractivity contribution is 6.97. The van der Waals surface area contributed by atoms with Crippen LogP contribution in [0.1, 0.15) is 66.8 Å². The second-order valence-electron chi connectivity index (χ2n) is 15.0. The molecule has 0 spiro atoms. The van der Waals surface area contributed by atoms with Gasteiger partial charge in [0.25, 0.3) is 0 Å². The number of hydrogen-bond donors (Lipinski definition) is 0. The van der Waals surface area contributed by atoms with Crippen LogP contribution in [0.2, 0.25) is 0 Å². The third-order valence-corrected chi connectivity index (χ3v) is 12.8. The zero-order valence-corrected chi connectivity index (χ0v) is 32.6. The minimum Gasteiger partial charge on any atom is -0.378 e. The van der Waals surface area contributed by atoms with Crippen LogP contribution < -0.4 is 31.1 Å². The van der Waals surface area contributed by atoms with Gasteiger partial charge in [-0.1, -0.05) is 49.8 Å². The Hall–Kier alpha value is -3.00. The first-order chi connectivity index (χ1) is 23.4. The second kappa shape index (κ2) is 14.3. The average Bonchev–Trinajstić information content (AvgIpc) is 3.11. The van der Waals surface area contributed by atoms with E-state index in [0.29, 0.717) is 0 Å². The van der Waals surface area contributed by atoms with Crippen LogP contribution in [0.15, 0.2) is 0 Å². The van der Waals surface area contributed by atoms with Gasteiger partial charge in [-0.15, -0.1) is 0 Å². The van der Waals surface area contributed by atoms with Gasteiger partial charge in [-0.25, -0.2) is 0 Å². The Balaban J connectivity index is 1.67. The minimum atomic E-state index is 0.114. The maximum absolute atomic E-state index is 5.78. The van der Waals surface area contributed by atoms with E-state index in [2.05, 4.69) is 97.8 Å². The molecule has 0 amide bonds. The highest BCUT2D eigenvalue weighted by atomic mass is 16.5. The number of anilines is 3. The smallest absolute Gasteiger partial charge is 0.243 e. The zero-order chi connectivity index (χ0) is 35.3. The topological polar surface area (TPSA) is 37.4 Å². The summed E-state index contributed by atoms with van der Waals surface area (Å²) in [6, 6.07) is 0. The van der Waals surface area contributed by atoms with Crippen molar-refractivity contribution in [3.05, 3.63) is 66.8 Å². The Kier molecular flexibility index (Phi) is 10.5. The molecule has 0 aliphatic carbocycles. The van der Waals surface area contributed by atoms with Gasteiger partial charge in [0, 0.05) is 56.3 Å². The fraction of sp³-hybridized carbons (Fsp3) is 0.571. The minimum absolute atomic E-state index is 0.114. The molecule has 6 nitrogen and oxygen atoms in total. The summed E-state index contributed by atoms with van der Waals surface area (Å²) in [6.45, 7) is 39.1. The van der Waals surface area contributed by atoms with Gasteiger partial charge in [0.1, 0.15) is 0 Å². The maximum Gasteiger partial charge on any atom is 0.243 e. The van der Waals surface area contributed by atoms with Crippen molar-refractivity contribution in [2.24, 2.45) is 0 Å². The molecule has 49 heavy (non-hydrogen) atoms. The highest BCUT2D eigenvalue weighted by Gasteiger charge is 2.37. The van der Waals surface area contributed by atoms with Crippen LogP contribution in [-0.4, -0.2) is 85.6 Å². The molecule has 3 fully saturated rings. The molecule has 0 atom stereocenters. The van der Waals surface area contributed by atoms with Gasteiger partial charge in [-0.2, -0.15) is 0 Å². The maximum atomic E-state index is 5.78. The second-order valence-corrected chi connectivity index (χ2v) is 15.0. The lowest BCUT2D eigenvalue weighted by molar-refractivity contribution is 0.122. The van der Waals surface area contributed by atoms with Gasteiger partial charge in [-0.3, -0.25) is 0 Å². The van der Waals surface area contributed by atoms with Gasteiger partial charge >= 0.3 is 0 Å². The zero-order valence-electron chi connectivity index (χ0n) is 32.6. The average molecular weight is 666 g/mol. The molecule has 0 radical (unpaired) electrons. The van der Waals surface area contributed by atoms with Crippen molar-refractivity contribution in [2.75, 3.05) is 93.6 Å². The van der Waals surface area contributed by atoms with E-state index in [-0.39, 0.29) is 6.71 Å². The molecule has 3 aromatic carbocycles. The Morgan fingerprint density at radius 2 is 0.490 bits per heavy atom. The monoisotopic (exact) mass is 665 g/mol. The SMILES string of the molecule is Cc1c(C)c(N2CCOCC2)c(C)c(C)c1B(c1c(C)c(C)c(N2CCOCC2)c(C)c1C)c1c(C)c(C)c(N2CCOCC2)c(C)c1C. The first-order valence-corrected chi connectivity index (χ1v) is 18.7. The van der Waals surface area contributed by atoms with Crippen molar-refractivity contribution in [3.63, 3.8) is 0 Å². The van der Waals surface area contributed by atoms with Crippen molar-refractivity contribution < 1.29 is 14.2 Å². The fourth-order valence-electron chi connectivity index (χ4n) is 9.48. The molecule has 0 saturated carbocycles. The molecular formula is C42H60BN3O3. The van der Waals surface area contributed by atoms with Crippen molar-refractivity contribution in [3.8, 4) is 0 Å². The summed E-state index contributed by atoms with van der Waals surface area (Å²) in [5, 5.41) is 0. The molecular weight excluding hydrogens is 605 g/mol. The van der Waals surface area contributed by atoms with Gasteiger partial charge < -0.3 is 28.9 Å². The number of morpholine rings is 3. The molecule has 3 heterocycles. The molecule has 0 bridgehead atoms. The van der Waals surface area contributed by atoms with Crippen molar-refractivity contribution in [1.29, 1.82) is 0 Å². The van der Waals surface area contributed by atoms with Crippen LogP contribution in [-0.2, 0) is 14.2 Å². The number of rotatable bonds is 6. The Morgan fingerprint density at radius 3 is 0.673 bits per heavy atom. The lowest BCUT2D eigenvalue weighted by Crippen LogP contribution is -2.58. The third-order valence-electron chi connectivity index (χ3n) is 12.8. The first kappa shape index (κ1) is 35.8. The highest BCUT2D eigenvalue weighted by Crippen LogP contribution is 2.35. The van der Waals surface area contributed by atoms with E-state index in [0.717, 1.165) is 78.9 Å². The number of hydrogen-bond acceptors (Lipinski definition) is 6. The molecule has 3 aromatic rings. The predicted octanol–water partition coefficient (Wildman–Crippen LogP) is 5.41. The Morgan fingerprint density at radius 1 is 0.306 bits per heavy atom. The molecule has 0 N–H and O–H groups in total. The molecule has 0 unspecified atom stereocenters. The number of ether oxygens (including phenoxy) is 3. The summed E-state index contributed by atoms with van der Waals surface area (Å²) in [4.78, 5) is 7.70. The van der Waals surface area contributed by atoms with E-state index in [4.69, 9.17) is 14.2 Å². The van der Waals surface area contributed by atoms with E-state index in [1.807, 2.05) is 0 Å². The lowest BCUT2D eigenvalue weighted by Gasteiger charge is -2.38. The largest absolute Gasteiger partial charge is 0.378 e. The summed E-state index contributed by atoms with van der Waals surface area (Å²) in [5.74, 6) is 0. The van der Waals surface area contributed by atoms with E-state index >= 15 is 0 Å². The summed E-state index contributed by atoms with van der Waals surface area (Å²) in [7, 11) is 0. The molecule has 0 aromatic heterocycles. The number of benzene rings is 3. The van der Waals surface area contributed by atoms with Gasteiger partial charge in [-0.05, 0) is 116 Å². The molecule has 7 heteroatoms. The van der Waals surface area contributed by atoms with E-state index in [1.165, 1.54) is 100 Å². The van der Waals surface area contributed by atoms with E-state index in [1.54, 1.807) is 0 Å². The van der Waals surface area contributed by atoms with Gasteiger partial charge in [0.15, 0.2) is 0 Å². The number of nitrogens with zero attached hydrogens (tertiary/aromatic N) is 3. The molecule has 3 aliphatic heterocycles. The summed E-state index contributed by atoms with van der Waals surface area (Å²) in [5.41, 5.74) is 25.7. The molecule has 264 valence electrons. The van der Waals surface area contributed by atoms with Crippen LogP contribution in [0.4, 0.5) is 17.1 Å². The lowest BCUT2D eigenvalue weighted by atomic mass is 9.32. The van der Waals surface area contributed by atoms with Crippen molar-refractivity contribution in [1.82, 2.24) is 0 Å². The van der Waals surface area contributed by atoms with Crippen molar-refractivity contribution in [2.45, 2.75) is 83.1 Å². The first-order valence-electron chi connectivity index (χ1n) is 18.7. The normalized spacial score (nSPS) is 17.3. The summed E-state index contributed by atoms with van der Waals surface area (Å²) in [6.07, 6.45) is 0. The van der Waals surface area contributed by atoms with Crippen LogP contribution in [0, 0.1) is 83.1 Å². The Labute approximate surface area is 297 Å². The summed E-state index contributed by atoms with van der Waals surface area (Å²) >= 11 is 0. The van der Waals surface area contributed by atoms with Crippen LogP contribution in [0.25, 0.3) is 0 Å². The third kappa shape index (κ3) is 6.08. The molecule has 6 rings (SSSR count). The standard InChI is InChI=1S/C42H60BN3O3/c1-25-31(7)40(44-13-19-47-20-14-44)32(8)26(2)37(25)43(38-27(3)33(9)41(34(10)28(38)4)45-15-21-48-22-16-45)39-29(5)35(11)42(36(12)30(39)6)46-17-23-49-24-18-46/h13-24H2,1-12H3.